The van der Waals surface area contributed by atoms with Crippen LogP contribution in [0.3, 0.4) is 0 Å². The van der Waals surface area contributed by atoms with Crippen molar-refractivity contribution in [3.8, 4) is 0 Å². The highest BCUT2D eigenvalue weighted by molar-refractivity contribution is 5.71. The van der Waals surface area contributed by atoms with Crippen molar-refractivity contribution in [3.05, 3.63) is 59.4 Å². The van der Waals surface area contributed by atoms with Gasteiger partial charge in [-0.3, -0.25) is 9.69 Å². The van der Waals surface area contributed by atoms with Crippen molar-refractivity contribution in [1.29, 1.82) is 0 Å². The maximum atomic E-state index is 11.9. The SMILES string of the molecule is CCOC(=O)CN(Cc1cccn1Cc1cccc(C)c1)CC(C)C. The molecule has 4 nitrogen and oxygen atoms in total. The van der Waals surface area contributed by atoms with Gasteiger partial charge in [-0.05, 0) is 37.5 Å². The molecule has 0 fully saturated rings. The number of aromatic nitrogens is 1. The molecule has 0 bridgehead atoms. The molecular weight excluding hydrogens is 312 g/mol. The van der Waals surface area contributed by atoms with Crippen LogP contribution in [0.15, 0.2) is 42.6 Å². The van der Waals surface area contributed by atoms with E-state index in [1.807, 2.05) is 6.92 Å². The first-order valence-electron chi connectivity index (χ1n) is 9.05. The van der Waals surface area contributed by atoms with Crippen molar-refractivity contribution in [1.82, 2.24) is 9.47 Å². The van der Waals surface area contributed by atoms with Crippen molar-refractivity contribution in [2.24, 2.45) is 5.92 Å². The molecule has 4 heteroatoms. The number of benzene rings is 1. The monoisotopic (exact) mass is 342 g/mol. The van der Waals surface area contributed by atoms with E-state index in [1.165, 1.54) is 16.8 Å². The zero-order valence-corrected chi connectivity index (χ0v) is 15.9. The van der Waals surface area contributed by atoms with Gasteiger partial charge in [-0.1, -0.05) is 43.7 Å². The van der Waals surface area contributed by atoms with Crippen LogP contribution in [0.4, 0.5) is 0 Å². The Hall–Kier alpha value is -2.07. The van der Waals surface area contributed by atoms with E-state index in [4.69, 9.17) is 4.74 Å². The van der Waals surface area contributed by atoms with E-state index < -0.39 is 0 Å². The van der Waals surface area contributed by atoms with E-state index in [0.29, 0.717) is 19.1 Å². The van der Waals surface area contributed by atoms with Crippen molar-refractivity contribution in [3.63, 3.8) is 0 Å². The van der Waals surface area contributed by atoms with E-state index in [9.17, 15) is 4.79 Å². The minimum atomic E-state index is -0.153. The zero-order valence-electron chi connectivity index (χ0n) is 15.9. The van der Waals surface area contributed by atoms with Gasteiger partial charge in [-0.25, -0.2) is 0 Å². The van der Waals surface area contributed by atoms with Gasteiger partial charge in [0.05, 0.1) is 13.2 Å². The largest absolute Gasteiger partial charge is 0.465 e. The van der Waals surface area contributed by atoms with Crippen molar-refractivity contribution >= 4 is 5.97 Å². The molecule has 0 saturated carbocycles. The third-order valence-corrected chi connectivity index (χ3v) is 4.03. The summed E-state index contributed by atoms with van der Waals surface area (Å²) < 4.78 is 7.38. The third-order valence-electron chi connectivity index (χ3n) is 4.03. The summed E-state index contributed by atoms with van der Waals surface area (Å²) in [6.07, 6.45) is 2.11. The number of aryl methyl sites for hydroxylation is 1. The number of carbonyl (C=O) groups is 1. The fourth-order valence-corrected chi connectivity index (χ4v) is 3.07. The molecule has 0 atom stereocenters. The van der Waals surface area contributed by atoms with Gasteiger partial charge in [-0.15, -0.1) is 0 Å². The lowest BCUT2D eigenvalue weighted by molar-refractivity contribution is -0.144. The molecule has 1 aromatic heterocycles. The first kappa shape index (κ1) is 19.3. The Morgan fingerprint density at radius 2 is 2.04 bits per heavy atom. The average Bonchev–Trinajstić information content (AvgIpc) is 2.93. The van der Waals surface area contributed by atoms with E-state index in [2.05, 4.69) is 72.8 Å². The minimum Gasteiger partial charge on any atom is -0.465 e. The second kappa shape index (κ2) is 9.42. The Labute approximate surface area is 151 Å². The van der Waals surface area contributed by atoms with Gasteiger partial charge in [0.2, 0.25) is 0 Å². The van der Waals surface area contributed by atoms with E-state index in [-0.39, 0.29) is 5.97 Å². The number of carbonyl (C=O) groups excluding carboxylic acids is 1. The van der Waals surface area contributed by atoms with Crippen LogP contribution < -0.4 is 0 Å². The topological polar surface area (TPSA) is 34.5 Å². The van der Waals surface area contributed by atoms with E-state index >= 15 is 0 Å². The number of rotatable bonds is 9. The Balaban J connectivity index is 2.08. The molecule has 0 radical (unpaired) electrons. The number of nitrogens with zero attached hydrogens (tertiary/aromatic N) is 2. The number of hydrogen-bond acceptors (Lipinski definition) is 3. The summed E-state index contributed by atoms with van der Waals surface area (Å²) in [5.74, 6) is 0.342. The molecule has 0 aliphatic heterocycles. The summed E-state index contributed by atoms with van der Waals surface area (Å²) in [5.41, 5.74) is 3.78. The molecule has 0 amide bonds. The zero-order chi connectivity index (χ0) is 18.2. The summed E-state index contributed by atoms with van der Waals surface area (Å²) in [5, 5.41) is 0. The standard InChI is InChI=1S/C21H30N2O2/c1-5-25-21(24)16-22(13-17(2)3)15-20-10-7-11-23(20)14-19-9-6-8-18(4)12-19/h6-12,17H,5,13-16H2,1-4H3. The predicted octanol–water partition coefficient (Wildman–Crippen LogP) is 3.87. The number of hydrogen-bond donors (Lipinski definition) is 0. The van der Waals surface area contributed by atoms with Crippen LogP contribution in [0.2, 0.25) is 0 Å². The molecule has 0 aliphatic rings. The quantitative estimate of drug-likeness (QED) is 0.649. The van der Waals surface area contributed by atoms with Gasteiger partial charge in [0.15, 0.2) is 0 Å². The Morgan fingerprint density at radius 3 is 2.72 bits per heavy atom. The Bertz CT molecular complexity index is 676. The summed E-state index contributed by atoms with van der Waals surface area (Å²) in [4.78, 5) is 14.1. The molecule has 0 spiro atoms. The highest BCUT2D eigenvalue weighted by Crippen LogP contribution is 2.13. The molecule has 1 aromatic carbocycles. The molecule has 2 aromatic rings. The lowest BCUT2D eigenvalue weighted by Gasteiger charge is -2.24. The van der Waals surface area contributed by atoms with Crippen LogP contribution in [-0.4, -0.2) is 35.1 Å². The highest BCUT2D eigenvalue weighted by Gasteiger charge is 2.15. The average molecular weight is 342 g/mol. The maximum absolute atomic E-state index is 11.9. The summed E-state index contributed by atoms with van der Waals surface area (Å²) in [6.45, 7) is 11.5. The molecule has 0 N–H and O–H groups in total. The summed E-state index contributed by atoms with van der Waals surface area (Å²) in [6, 6.07) is 12.8. The van der Waals surface area contributed by atoms with Crippen molar-refractivity contribution in [2.75, 3.05) is 19.7 Å². The van der Waals surface area contributed by atoms with Crippen molar-refractivity contribution in [2.45, 2.75) is 40.8 Å². The Morgan fingerprint density at radius 1 is 1.24 bits per heavy atom. The lowest BCUT2D eigenvalue weighted by atomic mass is 10.1. The maximum Gasteiger partial charge on any atom is 0.320 e. The third kappa shape index (κ3) is 6.39. The molecule has 0 saturated heterocycles. The van der Waals surface area contributed by atoms with Crippen LogP contribution in [0.5, 0.6) is 0 Å². The molecule has 136 valence electrons. The molecule has 0 unspecified atom stereocenters. The number of esters is 1. The molecule has 0 aliphatic carbocycles. The lowest BCUT2D eigenvalue weighted by Crippen LogP contribution is -2.34. The van der Waals surface area contributed by atoms with E-state index in [1.54, 1.807) is 0 Å². The van der Waals surface area contributed by atoms with Gasteiger partial charge in [-0.2, -0.15) is 0 Å². The summed E-state index contributed by atoms with van der Waals surface area (Å²) in [7, 11) is 0. The van der Waals surface area contributed by atoms with Gasteiger partial charge in [0.1, 0.15) is 0 Å². The Kier molecular flexibility index (Phi) is 7.26. The van der Waals surface area contributed by atoms with Crippen molar-refractivity contribution < 1.29 is 9.53 Å². The van der Waals surface area contributed by atoms with Gasteiger partial charge in [0, 0.05) is 31.5 Å². The second-order valence-electron chi connectivity index (χ2n) is 6.98. The predicted molar refractivity (Wildman–Crippen MR) is 101 cm³/mol. The summed E-state index contributed by atoms with van der Waals surface area (Å²) >= 11 is 0. The van der Waals surface area contributed by atoms with Crippen LogP contribution in [0.1, 0.15) is 37.6 Å². The minimum absolute atomic E-state index is 0.153. The fourth-order valence-electron chi connectivity index (χ4n) is 3.07. The van der Waals surface area contributed by atoms with Gasteiger partial charge in [0.25, 0.3) is 0 Å². The smallest absolute Gasteiger partial charge is 0.320 e. The first-order valence-corrected chi connectivity index (χ1v) is 9.05. The fraction of sp³-hybridized carbons (Fsp3) is 0.476. The number of ether oxygens (including phenoxy) is 1. The molecule has 2 rings (SSSR count). The van der Waals surface area contributed by atoms with Crippen LogP contribution in [0.25, 0.3) is 0 Å². The van der Waals surface area contributed by atoms with Gasteiger partial charge >= 0.3 is 5.97 Å². The van der Waals surface area contributed by atoms with Crippen LogP contribution >= 0.6 is 0 Å². The second-order valence-corrected chi connectivity index (χ2v) is 6.98. The van der Waals surface area contributed by atoms with Crippen LogP contribution in [0, 0.1) is 12.8 Å². The molecular formula is C21H30N2O2. The molecule has 1 heterocycles. The molecule has 25 heavy (non-hydrogen) atoms. The first-order chi connectivity index (χ1) is 12.0. The van der Waals surface area contributed by atoms with E-state index in [0.717, 1.165) is 19.6 Å². The van der Waals surface area contributed by atoms with Gasteiger partial charge < -0.3 is 9.30 Å². The highest BCUT2D eigenvalue weighted by atomic mass is 16.5. The van der Waals surface area contributed by atoms with Crippen LogP contribution in [-0.2, 0) is 22.6 Å². The normalized spacial score (nSPS) is 11.3.